The Kier molecular flexibility index (Phi) is 3.37. The molecular formula is C14H16N4O2. The number of nitrogens with zero attached hydrogens (tertiary/aromatic N) is 3. The third-order valence-electron chi connectivity index (χ3n) is 3.40. The number of fused-ring (bicyclic) bond motifs is 1. The second kappa shape index (κ2) is 5.32. The van der Waals surface area contributed by atoms with Crippen LogP contribution in [0.25, 0.3) is 0 Å². The second-order valence-electron chi connectivity index (χ2n) is 4.64. The molecule has 1 aliphatic heterocycles. The number of hydrogen-bond donors (Lipinski definition) is 1. The summed E-state index contributed by atoms with van der Waals surface area (Å²) in [6.45, 7) is 3.86. The standard InChI is InChI=1S/C14H16N4O2/c1-2-18-9-16-17-13(18)8-15-14(19)11-3-4-12-10(7-11)5-6-20-12/h3-4,7,9H,2,5-6,8H2,1H3,(H,15,19). The Morgan fingerprint density at radius 2 is 2.40 bits per heavy atom. The van der Waals surface area contributed by atoms with Crippen molar-refractivity contribution in [2.75, 3.05) is 6.61 Å². The number of amides is 1. The molecule has 3 rings (SSSR count). The lowest BCUT2D eigenvalue weighted by molar-refractivity contribution is 0.0949. The molecule has 6 heteroatoms. The first-order valence-corrected chi connectivity index (χ1v) is 6.68. The lowest BCUT2D eigenvalue weighted by Crippen LogP contribution is -2.24. The van der Waals surface area contributed by atoms with Crippen LogP contribution in [0, 0.1) is 0 Å². The number of carbonyl (C=O) groups is 1. The quantitative estimate of drug-likeness (QED) is 0.907. The number of aryl methyl sites for hydroxylation is 1. The number of nitrogens with one attached hydrogen (secondary N) is 1. The van der Waals surface area contributed by atoms with Gasteiger partial charge in [0.2, 0.25) is 0 Å². The fourth-order valence-corrected chi connectivity index (χ4v) is 2.27. The van der Waals surface area contributed by atoms with E-state index in [2.05, 4.69) is 15.5 Å². The third-order valence-corrected chi connectivity index (χ3v) is 3.40. The number of carbonyl (C=O) groups excluding carboxylic acids is 1. The summed E-state index contributed by atoms with van der Waals surface area (Å²) in [6.07, 6.45) is 2.52. The molecule has 1 aliphatic rings. The fourth-order valence-electron chi connectivity index (χ4n) is 2.27. The first-order valence-electron chi connectivity index (χ1n) is 6.68. The van der Waals surface area contributed by atoms with E-state index in [9.17, 15) is 4.79 Å². The number of ether oxygens (including phenoxy) is 1. The molecule has 2 aromatic rings. The highest BCUT2D eigenvalue weighted by Crippen LogP contribution is 2.25. The average Bonchev–Trinajstić information content (AvgIpc) is 3.12. The fraction of sp³-hybridized carbons (Fsp3) is 0.357. The highest BCUT2D eigenvalue weighted by molar-refractivity contribution is 5.94. The minimum atomic E-state index is -0.106. The van der Waals surface area contributed by atoms with Gasteiger partial charge in [0.25, 0.3) is 5.91 Å². The predicted molar refractivity (Wildman–Crippen MR) is 72.5 cm³/mol. The average molecular weight is 272 g/mol. The van der Waals surface area contributed by atoms with Gasteiger partial charge in [0.15, 0.2) is 5.82 Å². The molecule has 0 aliphatic carbocycles. The van der Waals surface area contributed by atoms with Gasteiger partial charge in [-0.1, -0.05) is 0 Å². The maximum atomic E-state index is 12.1. The van der Waals surface area contributed by atoms with Gasteiger partial charge in [-0.05, 0) is 30.7 Å². The summed E-state index contributed by atoms with van der Waals surface area (Å²) >= 11 is 0. The highest BCUT2D eigenvalue weighted by Gasteiger charge is 2.15. The summed E-state index contributed by atoms with van der Waals surface area (Å²) in [5.74, 6) is 1.53. The highest BCUT2D eigenvalue weighted by atomic mass is 16.5. The lowest BCUT2D eigenvalue weighted by atomic mass is 10.1. The van der Waals surface area contributed by atoms with Crippen LogP contribution in [-0.4, -0.2) is 27.3 Å². The van der Waals surface area contributed by atoms with Crippen LogP contribution in [0.2, 0.25) is 0 Å². The Morgan fingerprint density at radius 1 is 1.50 bits per heavy atom. The smallest absolute Gasteiger partial charge is 0.251 e. The molecule has 2 heterocycles. The van der Waals surface area contributed by atoms with E-state index < -0.39 is 0 Å². The molecule has 0 unspecified atom stereocenters. The van der Waals surface area contributed by atoms with Gasteiger partial charge < -0.3 is 14.6 Å². The Morgan fingerprint density at radius 3 is 3.25 bits per heavy atom. The zero-order chi connectivity index (χ0) is 13.9. The largest absolute Gasteiger partial charge is 0.493 e. The van der Waals surface area contributed by atoms with Crippen LogP contribution in [0.1, 0.15) is 28.7 Å². The van der Waals surface area contributed by atoms with Crippen LogP contribution in [0.4, 0.5) is 0 Å². The van der Waals surface area contributed by atoms with Gasteiger partial charge in [0, 0.05) is 18.5 Å². The van der Waals surface area contributed by atoms with E-state index in [0.717, 1.165) is 30.1 Å². The van der Waals surface area contributed by atoms with Gasteiger partial charge in [0.1, 0.15) is 12.1 Å². The molecule has 1 aromatic carbocycles. The zero-order valence-electron chi connectivity index (χ0n) is 11.3. The van der Waals surface area contributed by atoms with Crippen molar-refractivity contribution in [2.45, 2.75) is 26.4 Å². The first kappa shape index (κ1) is 12.7. The molecule has 0 saturated heterocycles. The molecule has 0 spiro atoms. The summed E-state index contributed by atoms with van der Waals surface area (Å²) in [7, 11) is 0. The number of aromatic nitrogens is 3. The number of rotatable bonds is 4. The van der Waals surface area contributed by atoms with Gasteiger partial charge in [-0.2, -0.15) is 0 Å². The van der Waals surface area contributed by atoms with Crippen LogP contribution in [-0.2, 0) is 19.5 Å². The van der Waals surface area contributed by atoms with Crippen LogP contribution >= 0.6 is 0 Å². The Labute approximate surface area is 116 Å². The molecule has 1 N–H and O–H groups in total. The topological polar surface area (TPSA) is 69.0 Å². The minimum absolute atomic E-state index is 0.106. The van der Waals surface area contributed by atoms with E-state index in [0.29, 0.717) is 18.7 Å². The van der Waals surface area contributed by atoms with Crippen molar-refractivity contribution in [1.29, 1.82) is 0 Å². The summed E-state index contributed by atoms with van der Waals surface area (Å²) in [4.78, 5) is 12.1. The molecule has 20 heavy (non-hydrogen) atoms. The minimum Gasteiger partial charge on any atom is -0.493 e. The molecule has 6 nitrogen and oxygen atoms in total. The summed E-state index contributed by atoms with van der Waals surface area (Å²) < 4.78 is 7.33. The van der Waals surface area contributed by atoms with Crippen molar-refractivity contribution in [2.24, 2.45) is 0 Å². The van der Waals surface area contributed by atoms with E-state index in [-0.39, 0.29) is 5.91 Å². The monoisotopic (exact) mass is 272 g/mol. The molecule has 0 fully saturated rings. The SMILES string of the molecule is CCn1cnnc1CNC(=O)c1ccc2c(c1)CCO2. The van der Waals surface area contributed by atoms with Gasteiger partial charge >= 0.3 is 0 Å². The third kappa shape index (κ3) is 2.36. The zero-order valence-corrected chi connectivity index (χ0v) is 11.3. The molecule has 0 saturated carbocycles. The maximum Gasteiger partial charge on any atom is 0.251 e. The lowest BCUT2D eigenvalue weighted by Gasteiger charge is -2.07. The normalized spacial score (nSPS) is 12.8. The predicted octanol–water partition coefficient (Wildman–Crippen LogP) is 1.16. The molecule has 0 bridgehead atoms. The van der Waals surface area contributed by atoms with Crippen LogP contribution in [0.15, 0.2) is 24.5 Å². The van der Waals surface area contributed by atoms with E-state index >= 15 is 0 Å². The number of hydrogen-bond acceptors (Lipinski definition) is 4. The van der Waals surface area contributed by atoms with Crippen molar-refractivity contribution < 1.29 is 9.53 Å². The van der Waals surface area contributed by atoms with Crippen molar-refractivity contribution in [3.05, 3.63) is 41.5 Å². The summed E-state index contributed by atoms with van der Waals surface area (Å²) in [5.41, 5.74) is 1.74. The maximum absolute atomic E-state index is 12.1. The van der Waals surface area contributed by atoms with Gasteiger partial charge in [-0.25, -0.2) is 0 Å². The molecule has 1 amide bonds. The van der Waals surface area contributed by atoms with Gasteiger partial charge in [-0.15, -0.1) is 10.2 Å². The van der Waals surface area contributed by atoms with Crippen LogP contribution in [0.3, 0.4) is 0 Å². The van der Waals surface area contributed by atoms with Crippen molar-refractivity contribution in [3.63, 3.8) is 0 Å². The van der Waals surface area contributed by atoms with Gasteiger partial charge in [-0.3, -0.25) is 4.79 Å². The van der Waals surface area contributed by atoms with Crippen molar-refractivity contribution >= 4 is 5.91 Å². The van der Waals surface area contributed by atoms with Gasteiger partial charge in [0.05, 0.1) is 13.2 Å². The first-order chi connectivity index (χ1) is 9.78. The Hall–Kier alpha value is -2.37. The molecule has 104 valence electrons. The molecular weight excluding hydrogens is 256 g/mol. The Bertz CT molecular complexity index is 636. The van der Waals surface area contributed by atoms with E-state index in [4.69, 9.17) is 4.74 Å². The van der Waals surface area contributed by atoms with Crippen molar-refractivity contribution in [1.82, 2.24) is 20.1 Å². The van der Waals surface area contributed by atoms with Crippen LogP contribution in [0.5, 0.6) is 5.75 Å². The van der Waals surface area contributed by atoms with Crippen molar-refractivity contribution in [3.8, 4) is 5.75 Å². The molecule has 0 atom stereocenters. The van der Waals surface area contributed by atoms with E-state index in [1.165, 1.54) is 0 Å². The Balaban J connectivity index is 1.67. The summed E-state index contributed by atoms with van der Waals surface area (Å²) in [5, 5.41) is 10.7. The van der Waals surface area contributed by atoms with E-state index in [1.807, 2.05) is 23.6 Å². The van der Waals surface area contributed by atoms with Crippen LogP contribution < -0.4 is 10.1 Å². The van der Waals surface area contributed by atoms with E-state index in [1.54, 1.807) is 12.4 Å². The molecule has 0 radical (unpaired) electrons. The summed E-state index contributed by atoms with van der Waals surface area (Å²) in [6, 6.07) is 5.53. The molecule has 1 aromatic heterocycles. The number of benzene rings is 1. The second-order valence-corrected chi connectivity index (χ2v) is 4.64.